The highest BCUT2D eigenvalue weighted by atomic mass is 19.4. The van der Waals surface area contributed by atoms with Crippen LogP contribution in [0, 0.1) is 0 Å². The lowest BCUT2D eigenvalue weighted by Gasteiger charge is -2.10. The molecule has 0 saturated carbocycles. The number of nitrogens with one attached hydrogen (secondary N) is 2. The van der Waals surface area contributed by atoms with Crippen molar-refractivity contribution in [3.8, 4) is 0 Å². The largest absolute Gasteiger partial charge is 0.449 e. The van der Waals surface area contributed by atoms with E-state index in [9.17, 15) is 18.0 Å². The van der Waals surface area contributed by atoms with Crippen molar-refractivity contribution in [1.82, 2.24) is 20.0 Å². The zero-order valence-electron chi connectivity index (χ0n) is 16.0. The lowest BCUT2D eigenvalue weighted by Crippen LogP contribution is -2.26. The van der Waals surface area contributed by atoms with Crippen molar-refractivity contribution in [3.05, 3.63) is 65.6 Å². The van der Waals surface area contributed by atoms with Crippen molar-refractivity contribution in [1.29, 1.82) is 0 Å². The maximum atomic E-state index is 13.3. The molecule has 0 atom stereocenters. The molecular formula is C21H18F3N5O. The summed E-state index contributed by atoms with van der Waals surface area (Å²) in [6.07, 6.45) is -0.577. The van der Waals surface area contributed by atoms with Crippen LogP contribution in [-0.2, 0) is 23.9 Å². The van der Waals surface area contributed by atoms with Crippen LogP contribution in [0.4, 0.5) is 13.2 Å². The highest BCUT2D eigenvalue weighted by Crippen LogP contribution is 2.31. The number of hydrogen-bond acceptors (Lipinski definition) is 3. The van der Waals surface area contributed by atoms with E-state index in [1.54, 1.807) is 18.3 Å². The molecule has 2 aromatic carbocycles. The van der Waals surface area contributed by atoms with Gasteiger partial charge in [0.05, 0.1) is 17.2 Å². The molecule has 4 aromatic rings. The van der Waals surface area contributed by atoms with Crippen molar-refractivity contribution in [2.24, 2.45) is 5.10 Å². The maximum absolute atomic E-state index is 13.3. The Morgan fingerprint density at radius 3 is 2.80 bits per heavy atom. The van der Waals surface area contributed by atoms with Crippen LogP contribution in [0.3, 0.4) is 0 Å². The molecule has 0 bridgehead atoms. The number of benzene rings is 2. The summed E-state index contributed by atoms with van der Waals surface area (Å²) >= 11 is 0. The number of aryl methyl sites for hydroxylation is 1. The molecular weight excluding hydrogens is 395 g/mol. The van der Waals surface area contributed by atoms with Gasteiger partial charge in [0.15, 0.2) is 0 Å². The van der Waals surface area contributed by atoms with Gasteiger partial charge in [0, 0.05) is 22.7 Å². The second kappa shape index (κ2) is 7.66. The smallest absolute Gasteiger partial charge is 0.360 e. The SMILES string of the molecule is CCc1cccc2c(/C=N/NC(=O)Cn3c(C(F)(F)F)nc4ccccc43)c[nH]c12. The van der Waals surface area contributed by atoms with Crippen LogP contribution in [0.25, 0.3) is 21.9 Å². The molecule has 0 aliphatic heterocycles. The number of rotatable bonds is 5. The van der Waals surface area contributed by atoms with Crippen LogP contribution in [0.5, 0.6) is 0 Å². The van der Waals surface area contributed by atoms with Gasteiger partial charge in [-0.05, 0) is 24.1 Å². The summed E-state index contributed by atoms with van der Waals surface area (Å²) in [5, 5.41) is 4.86. The zero-order chi connectivity index (χ0) is 21.3. The zero-order valence-corrected chi connectivity index (χ0v) is 16.0. The number of amides is 1. The van der Waals surface area contributed by atoms with E-state index in [1.165, 1.54) is 18.3 Å². The van der Waals surface area contributed by atoms with Crippen LogP contribution in [0.15, 0.2) is 53.8 Å². The molecule has 1 amide bonds. The Morgan fingerprint density at radius 2 is 2.03 bits per heavy atom. The van der Waals surface area contributed by atoms with Gasteiger partial charge in [0.25, 0.3) is 5.91 Å². The van der Waals surface area contributed by atoms with E-state index in [0.29, 0.717) is 0 Å². The predicted octanol–water partition coefficient (Wildman–Crippen LogP) is 4.25. The Morgan fingerprint density at radius 1 is 1.23 bits per heavy atom. The minimum atomic E-state index is -4.68. The van der Waals surface area contributed by atoms with Gasteiger partial charge < -0.3 is 9.55 Å². The maximum Gasteiger partial charge on any atom is 0.449 e. The van der Waals surface area contributed by atoms with Gasteiger partial charge in [0.1, 0.15) is 6.54 Å². The van der Waals surface area contributed by atoms with E-state index < -0.39 is 24.5 Å². The Bertz CT molecular complexity index is 1250. The summed E-state index contributed by atoms with van der Waals surface area (Å²) in [7, 11) is 0. The number of para-hydroxylation sites is 3. The minimum absolute atomic E-state index is 0.173. The Balaban J connectivity index is 1.54. The molecule has 0 aliphatic carbocycles. The number of fused-ring (bicyclic) bond motifs is 2. The molecule has 0 saturated heterocycles. The highest BCUT2D eigenvalue weighted by molar-refractivity contribution is 6.00. The van der Waals surface area contributed by atoms with Gasteiger partial charge >= 0.3 is 6.18 Å². The second-order valence-electron chi connectivity index (χ2n) is 6.74. The molecule has 0 unspecified atom stereocenters. The first-order valence-corrected chi connectivity index (χ1v) is 9.32. The fourth-order valence-electron chi connectivity index (χ4n) is 3.44. The standard InChI is InChI=1S/C21H18F3N5O/c1-2-13-6-5-7-15-14(10-25-19(13)15)11-26-28-18(30)12-29-17-9-4-3-8-16(17)27-20(29)21(22,23)24/h3-11,25H,2,12H2,1H3,(H,28,30)/b26-11+. The lowest BCUT2D eigenvalue weighted by molar-refractivity contribution is -0.147. The summed E-state index contributed by atoms with van der Waals surface area (Å²) in [4.78, 5) is 19.1. The van der Waals surface area contributed by atoms with E-state index in [-0.39, 0.29) is 11.0 Å². The first-order chi connectivity index (χ1) is 14.4. The average molecular weight is 413 g/mol. The summed E-state index contributed by atoms with van der Waals surface area (Å²) in [5.41, 5.74) is 5.62. The van der Waals surface area contributed by atoms with E-state index in [2.05, 4.69) is 27.4 Å². The third kappa shape index (κ3) is 3.66. The fourth-order valence-corrected chi connectivity index (χ4v) is 3.44. The van der Waals surface area contributed by atoms with Crippen molar-refractivity contribution in [2.45, 2.75) is 26.1 Å². The van der Waals surface area contributed by atoms with Gasteiger partial charge in [-0.15, -0.1) is 0 Å². The summed E-state index contributed by atoms with van der Waals surface area (Å²) in [6.45, 7) is 1.50. The molecule has 4 rings (SSSR count). The monoisotopic (exact) mass is 413 g/mol. The first-order valence-electron chi connectivity index (χ1n) is 9.32. The van der Waals surface area contributed by atoms with Crippen molar-refractivity contribution < 1.29 is 18.0 Å². The number of carbonyl (C=O) groups is 1. The molecule has 0 spiro atoms. The number of alkyl halides is 3. The summed E-state index contributed by atoms with van der Waals surface area (Å²) in [6, 6.07) is 12.0. The van der Waals surface area contributed by atoms with E-state index >= 15 is 0 Å². The van der Waals surface area contributed by atoms with Crippen molar-refractivity contribution in [3.63, 3.8) is 0 Å². The second-order valence-corrected chi connectivity index (χ2v) is 6.74. The van der Waals surface area contributed by atoms with Crippen LogP contribution in [0.1, 0.15) is 23.9 Å². The van der Waals surface area contributed by atoms with E-state index in [4.69, 9.17) is 0 Å². The number of hydrazone groups is 1. The molecule has 9 heteroatoms. The Labute approximate surface area is 169 Å². The normalized spacial score (nSPS) is 12.3. The summed E-state index contributed by atoms with van der Waals surface area (Å²) in [5.74, 6) is -1.81. The third-order valence-corrected chi connectivity index (χ3v) is 4.82. The predicted molar refractivity (Wildman–Crippen MR) is 108 cm³/mol. The van der Waals surface area contributed by atoms with Gasteiger partial charge in [-0.1, -0.05) is 37.3 Å². The van der Waals surface area contributed by atoms with Crippen LogP contribution < -0.4 is 5.43 Å². The topological polar surface area (TPSA) is 75.1 Å². The Hall–Kier alpha value is -3.62. The number of halogens is 3. The first kappa shape index (κ1) is 19.7. The molecule has 2 N–H and O–H groups in total. The Kier molecular flexibility index (Phi) is 5.03. The molecule has 0 aliphatic rings. The lowest BCUT2D eigenvalue weighted by atomic mass is 10.1. The molecule has 2 aromatic heterocycles. The molecule has 6 nitrogen and oxygen atoms in total. The number of aromatic nitrogens is 3. The van der Waals surface area contributed by atoms with Crippen LogP contribution >= 0.6 is 0 Å². The quantitative estimate of drug-likeness (QED) is 0.379. The highest BCUT2D eigenvalue weighted by Gasteiger charge is 2.37. The van der Waals surface area contributed by atoms with E-state index in [1.807, 2.05) is 18.2 Å². The fraction of sp³-hybridized carbons (Fsp3) is 0.190. The number of carbonyl (C=O) groups excluding carboxylic acids is 1. The molecule has 0 fully saturated rings. The number of hydrogen-bond donors (Lipinski definition) is 2. The van der Waals surface area contributed by atoms with Crippen LogP contribution in [0.2, 0.25) is 0 Å². The number of imidazole rings is 1. The molecule has 30 heavy (non-hydrogen) atoms. The molecule has 0 radical (unpaired) electrons. The van der Waals surface area contributed by atoms with Crippen LogP contribution in [-0.4, -0.2) is 26.7 Å². The number of nitrogens with zero attached hydrogens (tertiary/aromatic N) is 3. The van der Waals surface area contributed by atoms with E-state index in [0.717, 1.165) is 33.0 Å². The van der Waals surface area contributed by atoms with Crippen molar-refractivity contribution >= 4 is 34.1 Å². The molecule has 154 valence electrons. The average Bonchev–Trinajstić information content (AvgIpc) is 3.30. The summed E-state index contributed by atoms with van der Waals surface area (Å²) < 4.78 is 40.9. The van der Waals surface area contributed by atoms with Crippen molar-refractivity contribution in [2.75, 3.05) is 0 Å². The van der Waals surface area contributed by atoms with Gasteiger partial charge in [0.2, 0.25) is 5.82 Å². The number of aromatic amines is 1. The minimum Gasteiger partial charge on any atom is -0.360 e. The van der Waals surface area contributed by atoms with Gasteiger partial charge in [-0.3, -0.25) is 4.79 Å². The van der Waals surface area contributed by atoms with Gasteiger partial charge in [-0.25, -0.2) is 10.4 Å². The molecule has 2 heterocycles. The number of H-pyrrole nitrogens is 1. The third-order valence-electron chi connectivity index (χ3n) is 4.82. The van der Waals surface area contributed by atoms with Gasteiger partial charge in [-0.2, -0.15) is 18.3 Å².